The van der Waals surface area contributed by atoms with E-state index in [2.05, 4.69) is 36.9 Å². The summed E-state index contributed by atoms with van der Waals surface area (Å²) in [5, 5.41) is 9.68. The van der Waals surface area contributed by atoms with Crippen LogP contribution in [0.25, 0.3) is 10.2 Å². The quantitative estimate of drug-likeness (QED) is 0.887. The third-order valence-corrected chi connectivity index (χ3v) is 4.52. The molecule has 0 spiro atoms. The normalized spacial score (nSPS) is 16.4. The fourth-order valence-corrected chi connectivity index (χ4v) is 3.38. The highest BCUT2D eigenvalue weighted by Gasteiger charge is 2.11. The van der Waals surface area contributed by atoms with Gasteiger partial charge in [0, 0.05) is 20.1 Å². The van der Waals surface area contributed by atoms with Gasteiger partial charge in [-0.1, -0.05) is 6.42 Å². The maximum Gasteiger partial charge on any atom is 0.225 e. The summed E-state index contributed by atoms with van der Waals surface area (Å²) in [5.41, 5.74) is 0. The molecule has 0 aliphatic carbocycles. The zero-order valence-corrected chi connectivity index (χ0v) is 12.7. The largest absolute Gasteiger partial charge is 0.368 e. The summed E-state index contributed by atoms with van der Waals surface area (Å²) in [6, 6.07) is 2.09. The number of likely N-dealkylation sites (tertiary alicyclic amines) is 1. The van der Waals surface area contributed by atoms with Gasteiger partial charge in [-0.3, -0.25) is 0 Å². The first-order valence-electron chi connectivity index (χ1n) is 7.26. The second-order valence-electron chi connectivity index (χ2n) is 5.11. The number of thiophene rings is 1. The lowest BCUT2D eigenvalue weighted by molar-refractivity contribution is 0.237. The number of rotatable bonds is 5. The highest BCUT2D eigenvalue weighted by molar-refractivity contribution is 7.16. The summed E-state index contributed by atoms with van der Waals surface area (Å²) in [6.07, 6.45) is 4.06. The summed E-state index contributed by atoms with van der Waals surface area (Å²) in [7, 11) is 1.85. The molecule has 5 nitrogen and oxygen atoms in total. The zero-order chi connectivity index (χ0) is 13.8. The van der Waals surface area contributed by atoms with Crippen LogP contribution < -0.4 is 10.6 Å². The van der Waals surface area contributed by atoms with E-state index >= 15 is 0 Å². The van der Waals surface area contributed by atoms with Gasteiger partial charge in [0.05, 0.1) is 5.39 Å². The molecule has 20 heavy (non-hydrogen) atoms. The predicted octanol–water partition coefficient (Wildman–Crippen LogP) is 2.63. The number of piperidine rings is 1. The van der Waals surface area contributed by atoms with Crippen LogP contribution in [-0.2, 0) is 0 Å². The smallest absolute Gasteiger partial charge is 0.225 e. The van der Waals surface area contributed by atoms with Gasteiger partial charge >= 0.3 is 0 Å². The van der Waals surface area contributed by atoms with Gasteiger partial charge in [-0.2, -0.15) is 4.98 Å². The van der Waals surface area contributed by atoms with Crippen molar-refractivity contribution in [3.8, 4) is 0 Å². The number of hydrogen-bond acceptors (Lipinski definition) is 6. The van der Waals surface area contributed by atoms with Crippen LogP contribution in [0.15, 0.2) is 11.4 Å². The topological polar surface area (TPSA) is 53.1 Å². The number of nitrogens with zero attached hydrogens (tertiary/aromatic N) is 3. The third kappa shape index (κ3) is 3.02. The fraction of sp³-hybridized carbons (Fsp3) is 0.571. The molecule has 3 rings (SSSR count). The lowest BCUT2D eigenvalue weighted by atomic mass is 10.1. The molecule has 0 bridgehead atoms. The molecule has 0 saturated carbocycles. The van der Waals surface area contributed by atoms with Crippen LogP contribution in [0, 0.1) is 0 Å². The van der Waals surface area contributed by atoms with E-state index in [1.165, 1.54) is 32.4 Å². The van der Waals surface area contributed by atoms with Crippen molar-refractivity contribution < 1.29 is 0 Å². The molecule has 0 atom stereocenters. The third-order valence-electron chi connectivity index (χ3n) is 3.72. The second-order valence-corrected chi connectivity index (χ2v) is 6.01. The summed E-state index contributed by atoms with van der Waals surface area (Å²) in [5.74, 6) is 1.62. The van der Waals surface area contributed by atoms with Crippen LogP contribution in [0.5, 0.6) is 0 Å². The van der Waals surface area contributed by atoms with E-state index in [4.69, 9.17) is 0 Å². The molecule has 0 radical (unpaired) electrons. The maximum absolute atomic E-state index is 4.53. The van der Waals surface area contributed by atoms with Crippen molar-refractivity contribution in [1.82, 2.24) is 14.9 Å². The van der Waals surface area contributed by atoms with Crippen LogP contribution in [0.4, 0.5) is 11.8 Å². The SMILES string of the molecule is CNc1nc(NCCN2CCCCC2)c2ccsc2n1. The Bertz CT molecular complexity index is 562. The minimum absolute atomic E-state index is 0.681. The summed E-state index contributed by atoms with van der Waals surface area (Å²) >= 11 is 1.65. The number of fused-ring (bicyclic) bond motifs is 1. The van der Waals surface area contributed by atoms with Gasteiger partial charge in [0.1, 0.15) is 10.6 Å². The van der Waals surface area contributed by atoms with Crippen LogP contribution in [0.3, 0.4) is 0 Å². The molecule has 2 N–H and O–H groups in total. The molecule has 1 aliphatic heterocycles. The van der Waals surface area contributed by atoms with Gasteiger partial charge in [0.2, 0.25) is 5.95 Å². The van der Waals surface area contributed by atoms with E-state index < -0.39 is 0 Å². The molecule has 6 heteroatoms. The highest BCUT2D eigenvalue weighted by atomic mass is 32.1. The highest BCUT2D eigenvalue weighted by Crippen LogP contribution is 2.26. The van der Waals surface area contributed by atoms with E-state index in [-0.39, 0.29) is 0 Å². The standard InChI is InChI=1S/C14H21N5S/c1-15-14-17-12(11-5-10-20-13(11)18-14)16-6-9-19-7-3-2-4-8-19/h5,10H,2-4,6-9H2,1H3,(H2,15,16,17,18). The Hall–Kier alpha value is -1.40. The average Bonchev–Trinajstić information content (AvgIpc) is 2.96. The molecule has 0 unspecified atom stereocenters. The Kier molecular flexibility index (Phi) is 4.32. The van der Waals surface area contributed by atoms with Gasteiger partial charge in [-0.15, -0.1) is 11.3 Å². The van der Waals surface area contributed by atoms with Crippen molar-refractivity contribution in [3.63, 3.8) is 0 Å². The van der Waals surface area contributed by atoms with Gasteiger partial charge in [-0.05, 0) is 37.4 Å². The Morgan fingerprint density at radius 3 is 2.90 bits per heavy atom. The molecular weight excluding hydrogens is 270 g/mol. The van der Waals surface area contributed by atoms with Crippen molar-refractivity contribution in [2.75, 3.05) is 43.9 Å². The first-order chi connectivity index (χ1) is 9.86. The zero-order valence-electron chi connectivity index (χ0n) is 11.9. The summed E-state index contributed by atoms with van der Waals surface area (Å²) in [6.45, 7) is 4.50. The Labute approximate surface area is 123 Å². The Morgan fingerprint density at radius 2 is 2.10 bits per heavy atom. The van der Waals surface area contributed by atoms with Crippen molar-refractivity contribution in [2.45, 2.75) is 19.3 Å². The van der Waals surface area contributed by atoms with Crippen LogP contribution in [0.1, 0.15) is 19.3 Å². The average molecular weight is 291 g/mol. The van der Waals surface area contributed by atoms with Gasteiger partial charge < -0.3 is 15.5 Å². The fourth-order valence-electron chi connectivity index (χ4n) is 2.62. The van der Waals surface area contributed by atoms with Gasteiger partial charge in [0.25, 0.3) is 0 Å². The Balaban J connectivity index is 1.65. The second kappa shape index (κ2) is 6.37. The molecule has 3 heterocycles. The monoisotopic (exact) mass is 291 g/mol. The predicted molar refractivity (Wildman–Crippen MR) is 85.7 cm³/mol. The van der Waals surface area contributed by atoms with E-state index in [1.54, 1.807) is 11.3 Å². The molecule has 2 aromatic rings. The van der Waals surface area contributed by atoms with Crippen molar-refractivity contribution >= 4 is 33.3 Å². The molecular formula is C14H21N5S. The summed E-state index contributed by atoms with van der Waals surface area (Å²) in [4.78, 5) is 12.5. The van der Waals surface area contributed by atoms with Crippen molar-refractivity contribution in [2.24, 2.45) is 0 Å². The number of anilines is 2. The van der Waals surface area contributed by atoms with Gasteiger partial charge in [-0.25, -0.2) is 4.98 Å². The van der Waals surface area contributed by atoms with Gasteiger partial charge in [0.15, 0.2) is 0 Å². The Morgan fingerprint density at radius 1 is 1.25 bits per heavy atom. The van der Waals surface area contributed by atoms with E-state index in [0.29, 0.717) is 5.95 Å². The van der Waals surface area contributed by atoms with Crippen molar-refractivity contribution in [1.29, 1.82) is 0 Å². The van der Waals surface area contributed by atoms with E-state index in [9.17, 15) is 0 Å². The molecule has 0 amide bonds. The van der Waals surface area contributed by atoms with E-state index in [1.807, 2.05) is 7.05 Å². The summed E-state index contributed by atoms with van der Waals surface area (Å²) < 4.78 is 0. The van der Waals surface area contributed by atoms with Crippen molar-refractivity contribution in [3.05, 3.63) is 11.4 Å². The number of nitrogens with one attached hydrogen (secondary N) is 2. The minimum atomic E-state index is 0.681. The molecule has 0 aromatic carbocycles. The van der Waals surface area contributed by atoms with Crippen LogP contribution in [0.2, 0.25) is 0 Å². The number of hydrogen-bond donors (Lipinski definition) is 2. The number of aromatic nitrogens is 2. The lowest BCUT2D eigenvalue weighted by Gasteiger charge is -2.26. The molecule has 1 aliphatic rings. The minimum Gasteiger partial charge on any atom is -0.368 e. The van der Waals surface area contributed by atoms with Crippen LogP contribution >= 0.6 is 11.3 Å². The van der Waals surface area contributed by atoms with E-state index in [0.717, 1.165) is 29.1 Å². The van der Waals surface area contributed by atoms with Crippen LogP contribution in [-0.4, -0.2) is 48.1 Å². The first-order valence-corrected chi connectivity index (χ1v) is 8.14. The lowest BCUT2D eigenvalue weighted by Crippen LogP contribution is -2.33. The molecule has 1 fully saturated rings. The molecule has 2 aromatic heterocycles. The first kappa shape index (κ1) is 13.6. The maximum atomic E-state index is 4.53. The molecule has 1 saturated heterocycles. The molecule has 108 valence electrons.